The normalized spacial score (nSPS) is 12.6. The van der Waals surface area contributed by atoms with Crippen molar-refractivity contribution < 1.29 is 154 Å². The Morgan fingerprint density at radius 2 is 0.654 bits per heavy atom. The average molecular weight is 1230 g/mol. The van der Waals surface area contributed by atoms with Gasteiger partial charge < -0.3 is 44.2 Å². The van der Waals surface area contributed by atoms with E-state index in [4.69, 9.17) is 32.3 Å². The number of azide groups is 2. The van der Waals surface area contributed by atoms with Gasteiger partial charge in [-0.25, -0.2) is 0 Å². The third-order valence-electron chi connectivity index (χ3n) is 8.17. The van der Waals surface area contributed by atoms with Gasteiger partial charge in [0.15, 0.2) is 0 Å². The second kappa shape index (κ2) is 34.0. The number of hydrogen-bond donors (Lipinski definition) is 6. The van der Waals surface area contributed by atoms with E-state index in [0.29, 0.717) is 11.1 Å². The maximum Gasteiger partial charge on any atom is 1.00 e. The molecule has 10 N–H and O–H groups in total. The van der Waals surface area contributed by atoms with Crippen molar-refractivity contribution >= 4 is 20.2 Å². The largest absolute Gasteiger partial charge is 1.00 e. The number of aryl methyl sites for hydroxylation is 2. The molecule has 0 saturated heterocycles. The monoisotopic (exact) mass is 1230 g/mol. The Bertz CT molecular complexity index is 2220. The second-order valence-electron chi connectivity index (χ2n) is 14.1. The van der Waals surface area contributed by atoms with Crippen LogP contribution in [0.1, 0.15) is 12.6 Å². The number of hydrogen-bond acceptors (Lipinski definition) is 14. The van der Waals surface area contributed by atoms with E-state index >= 15 is 0 Å². The fraction of sp³-hybridized carbons (Fsp3) is 0.647. The summed E-state index contributed by atoms with van der Waals surface area (Å²) >= 11 is 0. The summed E-state index contributed by atoms with van der Waals surface area (Å²) in [5.41, 5.74) is 47.7. The molecule has 2 aromatic carbocycles. The number of aliphatic hydroxyl groups is 2. The Morgan fingerprint density at radius 1 is 0.449 bits per heavy atom. The summed E-state index contributed by atoms with van der Waals surface area (Å²) in [4.78, 5) is 4.36. The standard InChI is InChI=1S/C18H18F4O6S2.C4H4F4N6.2C4H8F4N2.C4H6F4O2.N3.Na.H2/c1-13-3-7-15(8-4-13)29(23,24)27-11-17(19,20)18(21,22)12-28-30(25,26)16-9-5-14(2)6-10-16;5-3(6,1-11-13-9)4(7,8)2-12-14-10;3*5-3(6,1-9)4(7,8)2-10;1-3-2;;/h3-10H,11-12H2,1-2H3;1-2H2;2*1-2,9-10H2;9-10H,1-2H2;;;1H/q;;;;;-1;+1;. The fourth-order valence-electron chi connectivity index (χ4n) is 3.36. The minimum atomic E-state index is -5.03. The van der Waals surface area contributed by atoms with Crippen molar-refractivity contribution in [3.05, 3.63) is 96.5 Å². The molecule has 0 unspecified atom stereocenters. The molecule has 0 radical (unpaired) electrons. The van der Waals surface area contributed by atoms with Gasteiger partial charge in [0, 0.05) is 11.3 Å². The van der Waals surface area contributed by atoms with Crippen LogP contribution in [0.4, 0.5) is 87.8 Å². The number of alkyl halides is 20. The van der Waals surface area contributed by atoms with Crippen LogP contribution in [-0.2, 0) is 28.6 Å². The number of halogens is 20. The minimum absolute atomic E-state index is 0. The summed E-state index contributed by atoms with van der Waals surface area (Å²) in [6, 6.07) is 9.74. The molecule has 0 heterocycles. The first-order valence-corrected chi connectivity index (χ1v) is 22.1. The van der Waals surface area contributed by atoms with Crippen LogP contribution in [0.15, 0.2) is 68.6 Å². The molecule has 0 atom stereocenters. The fourth-order valence-corrected chi connectivity index (χ4v) is 5.18. The van der Waals surface area contributed by atoms with Crippen LogP contribution in [-0.4, -0.2) is 152 Å². The number of aliphatic hydroxyl groups excluding tert-OH is 2. The van der Waals surface area contributed by atoms with E-state index in [2.05, 4.69) is 41.5 Å². The molecule has 2 aromatic rings. The SMILES string of the molecule is Cc1ccc(S(=O)(=O)OCC(F)(F)C(F)(F)COS(=O)(=O)c2ccc(C)cc2)cc1.NCC(F)(F)C(F)(F)CN.NCC(F)(F)C(F)(F)CN.OCC(F)(F)C(F)(F)CO.[HH].[N-]=[N+]=NCC(F)(F)C(F)(F)CN=[N+]=[N-].[N-]=[N+]=[N-].[Na+]. The van der Waals surface area contributed by atoms with Gasteiger partial charge in [0.2, 0.25) is 0 Å². The number of nitrogens with zero attached hydrogens (tertiary/aromatic N) is 9. The van der Waals surface area contributed by atoms with E-state index in [-0.39, 0.29) is 31.0 Å². The Kier molecular flexibility index (Phi) is 35.9. The zero-order valence-corrected chi connectivity index (χ0v) is 43.4. The van der Waals surface area contributed by atoms with E-state index in [9.17, 15) is 105 Å². The van der Waals surface area contributed by atoms with Gasteiger partial charge in [-0.1, -0.05) is 45.6 Å². The summed E-state index contributed by atoms with van der Waals surface area (Å²) in [5, 5.41) is 20.1. The average Bonchev–Trinajstić information content (AvgIpc) is 3.35. The van der Waals surface area contributed by atoms with Crippen LogP contribution in [0.2, 0.25) is 0 Å². The Hall–Kier alpha value is -4.45. The van der Waals surface area contributed by atoms with Gasteiger partial charge in [0.05, 0.1) is 49.1 Å². The molecule has 78 heavy (non-hydrogen) atoms. The van der Waals surface area contributed by atoms with Crippen LogP contribution in [0, 0.1) is 13.8 Å². The van der Waals surface area contributed by atoms with Crippen molar-refractivity contribution in [1.29, 1.82) is 0 Å². The zero-order valence-electron chi connectivity index (χ0n) is 39.7. The van der Waals surface area contributed by atoms with Crippen molar-refractivity contribution in [3.63, 3.8) is 0 Å². The molecular weight excluding hydrogens is 1190 g/mol. The van der Waals surface area contributed by atoms with E-state index in [0.717, 1.165) is 24.3 Å². The molecule has 0 aliphatic carbocycles. The summed E-state index contributed by atoms with van der Waals surface area (Å²) < 4.78 is 304. The van der Waals surface area contributed by atoms with Crippen molar-refractivity contribution in [2.45, 2.75) is 82.9 Å². The van der Waals surface area contributed by atoms with Crippen molar-refractivity contribution in [1.82, 2.24) is 0 Å². The number of nitrogens with two attached hydrogens (primary N) is 4. The first-order valence-electron chi connectivity index (χ1n) is 19.3. The molecule has 0 bridgehead atoms. The summed E-state index contributed by atoms with van der Waals surface area (Å²) in [7, 11) is -9.47. The first kappa shape index (κ1) is 82.4. The van der Waals surface area contributed by atoms with Crippen molar-refractivity contribution in [2.24, 2.45) is 33.2 Å². The maximum absolute atomic E-state index is 13.9. The quantitative estimate of drug-likeness (QED) is 0.0207. The second-order valence-corrected chi connectivity index (χ2v) is 17.3. The molecule has 0 aromatic heterocycles. The smallest absolute Gasteiger partial charge is 0.390 e. The Balaban J connectivity index is -0.000000228. The van der Waals surface area contributed by atoms with Gasteiger partial charge in [-0.2, -0.15) is 105 Å². The van der Waals surface area contributed by atoms with Crippen LogP contribution >= 0.6 is 0 Å². The molecular formula is C34H46F20N13NaO8S2. The predicted octanol–water partition coefficient (Wildman–Crippen LogP) is 5.27. The van der Waals surface area contributed by atoms with Crippen LogP contribution in [0.5, 0.6) is 0 Å². The Labute approximate surface area is 451 Å². The van der Waals surface area contributed by atoms with Crippen LogP contribution < -0.4 is 52.5 Å². The molecule has 2 rings (SSSR count). The van der Waals surface area contributed by atoms with E-state index < -0.39 is 155 Å². The van der Waals surface area contributed by atoms with E-state index in [1.165, 1.54) is 29.2 Å². The number of benzene rings is 2. The molecule has 44 heteroatoms. The van der Waals surface area contributed by atoms with Gasteiger partial charge in [-0.05, 0) is 49.2 Å². The topological polar surface area (TPSA) is 388 Å². The summed E-state index contributed by atoms with van der Waals surface area (Å²) in [6.45, 7) is -14.0. The molecule has 21 nitrogen and oxygen atoms in total. The van der Waals surface area contributed by atoms with Crippen LogP contribution in [0.25, 0.3) is 36.9 Å². The third-order valence-corrected chi connectivity index (χ3v) is 10.7. The Morgan fingerprint density at radius 3 is 0.821 bits per heavy atom. The number of rotatable bonds is 23. The van der Waals surface area contributed by atoms with Gasteiger partial charge in [-0.3, -0.25) is 13.3 Å². The van der Waals surface area contributed by atoms with Crippen molar-refractivity contribution in [2.75, 3.05) is 65.7 Å². The summed E-state index contributed by atoms with van der Waals surface area (Å²) in [5.74, 6) is -45.0. The van der Waals surface area contributed by atoms with E-state index in [1.807, 2.05) is 9.82 Å². The summed E-state index contributed by atoms with van der Waals surface area (Å²) in [6.07, 6.45) is 0. The molecule has 0 saturated carbocycles. The van der Waals surface area contributed by atoms with Gasteiger partial charge in [0.1, 0.15) is 26.4 Å². The maximum atomic E-state index is 13.9. The van der Waals surface area contributed by atoms with Gasteiger partial charge in [0.25, 0.3) is 20.2 Å². The van der Waals surface area contributed by atoms with E-state index in [1.54, 1.807) is 13.8 Å². The molecule has 0 aliphatic heterocycles. The van der Waals surface area contributed by atoms with Gasteiger partial charge >= 0.3 is 88.8 Å². The van der Waals surface area contributed by atoms with Gasteiger partial charge in [-0.15, -0.1) is 0 Å². The van der Waals surface area contributed by atoms with Crippen molar-refractivity contribution in [3.8, 4) is 0 Å². The third kappa shape index (κ3) is 27.1. The molecule has 0 fully saturated rings. The molecule has 0 spiro atoms. The predicted molar refractivity (Wildman–Crippen MR) is 229 cm³/mol. The molecule has 0 aliphatic rings. The first-order chi connectivity index (χ1) is 34.6. The zero-order chi connectivity index (χ0) is 62.0. The van der Waals surface area contributed by atoms with Crippen LogP contribution in [0.3, 0.4) is 0 Å². The molecule has 448 valence electrons. The minimum Gasteiger partial charge on any atom is -0.390 e. The molecule has 0 amide bonds.